The third-order valence-corrected chi connectivity index (χ3v) is 5.86. The summed E-state index contributed by atoms with van der Waals surface area (Å²) in [6.07, 6.45) is 0.610. The maximum absolute atomic E-state index is 13.3. The van der Waals surface area contributed by atoms with Gasteiger partial charge in [0.05, 0.1) is 5.57 Å². The summed E-state index contributed by atoms with van der Waals surface area (Å²) in [5.41, 5.74) is 5.77. The van der Waals surface area contributed by atoms with E-state index in [1.54, 1.807) is 0 Å². The quantitative estimate of drug-likeness (QED) is 0.457. The Hall–Kier alpha value is -2.92. The normalized spacial score (nSPS) is 14.5. The number of anilines is 1. The fraction of sp³-hybridized carbons (Fsp3) is 0.407. The number of imide groups is 1. The lowest BCUT2D eigenvalue weighted by Gasteiger charge is -2.19. The van der Waals surface area contributed by atoms with Crippen LogP contribution in [-0.4, -0.2) is 36.5 Å². The van der Waals surface area contributed by atoms with Gasteiger partial charge in [0, 0.05) is 25.4 Å². The average Bonchev–Trinajstić information content (AvgIpc) is 2.97. The molecule has 0 bridgehead atoms. The summed E-state index contributed by atoms with van der Waals surface area (Å²) < 4.78 is 5.39. The second-order valence-electron chi connectivity index (χ2n) is 9.31. The number of benzene rings is 2. The van der Waals surface area contributed by atoms with Crippen LogP contribution in [0.15, 0.2) is 48.2 Å². The molecule has 2 amide bonds. The van der Waals surface area contributed by atoms with Gasteiger partial charge in [0.2, 0.25) is 0 Å². The first-order valence-corrected chi connectivity index (χ1v) is 11.3. The highest BCUT2D eigenvalue weighted by Crippen LogP contribution is 2.32. The van der Waals surface area contributed by atoms with Crippen LogP contribution in [-0.2, 0) is 19.7 Å². The van der Waals surface area contributed by atoms with Crippen LogP contribution >= 0.6 is 0 Å². The average molecular weight is 435 g/mol. The zero-order valence-corrected chi connectivity index (χ0v) is 20.0. The molecule has 5 heteroatoms. The Morgan fingerprint density at radius 2 is 1.62 bits per heavy atom. The number of carbonyl (C=O) groups is 2. The Labute approximate surface area is 191 Å². The van der Waals surface area contributed by atoms with Gasteiger partial charge in [-0.1, -0.05) is 51.1 Å². The molecule has 2 aromatic carbocycles. The smallest absolute Gasteiger partial charge is 0.278 e. The number of nitrogens with zero attached hydrogens (tertiary/aromatic N) is 1. The van der Waals surface area contributed by atoms with Gasteiger partial charge in [-0.15, -0.1) is 0 Å². The van der Waals surface area contributed by atoms with Crippen molar-refractivity contribution >= 4 is 23.1 Å². The van der Waals surface area contributed by atoms with Crippen molar-refractivity contribution in [1.82, 2.24) is 4.90 Å². The number of carbonyl (C=O) groups excluding carboxylic acids is 2. The Kier molecular flexibility index (Phi) is 7.19. The van der Waals surface area contributed by atoms with E-state index < -0.39 is 0 Å². The third kappa shape index (κ3) is 5.10. The van der Waals surface area contributed by atoms with Gasteiger partial charge >= 0.3 is 0 Å². The van der Waals surface area contributed by atoms with E-state index >= 15 is 0 Å². The molecule has 0 radical (unpaired) electrons. The van der Waals surface area contributed by atoms with Crippen molar-refractivity contribution in [2.45, 2.75) is 53.4 Å². The van der Waals surface area contributed by atoms with Gasteiger partial charge in [0.25, 0.3) is 11.8 Å². The van der Waals surface area contributed by atoms with E-state index in [-0.39, 0.29) is 17.2 Å². The predicted octanol–water partition coefficient (Wildman–Crippen LogP) is 5.22. The molecule has 32 heavy (non-hydrogen) atoms. The van der Waals surface area contributed by atoms with Crippen LogP contribution < -0.4 is 5.32 Å². The second kappa shape index (κ2) is 9.70. The minimum Gasteiger partial charge on any atom is -0.382 e. The zero-order valence-electron chi connectivity index (χ0n) is 20.0. The number of nitrogens with one attached hydrogen (secondary N) is 1. The van der Waals surface area contributed by atoms with Gasteiger partial charge in [0.15, 0.2) is 0 Å². The number of ether oxygens (including phenoxy) is 1. The highest BCUT2D eigenvalue weighted by atomic mass is 16.5. The van der Waals surface area contributed by atoms with Crippen molar-refractivity contribution in [3.63, 3.8) is 0 Å². The van der Waals surface area contributed by atoms with Crippen molar-refractivity contribution in [2.75, 3.05) is 25.1 Å². The molecule has 1 N–H and O–H groups in total. The van der Waals surface area contributed by atoms with E-state index in [0.29, 0.717) is 37.4 Å². The fourth-order valence-electron chi connectivity index (χ4n) is 3.73. The Morgan fingerprint density at radius 1 is 0.938 bits per heavy atom. The molecule has 170 valence electrons. The van der Waals surface area contributed by atoms with Crippen LogP contribution in [0.2, 0.25) is 0 Å². The molecule has 0 fully saturated rings. The maximum atomic E-state index is 13.3. The lowest BCUT2D eigenvalue weighted by molar-refractivity contribution is -0.137. The van der Waals surface area contributed by atoms with E-state index in [1.165, 1.54) is 10.5 Å². The van der Waals surface area contributed by atoms with E-state index in [0.717, 1.165) is 22.4 Å². The number of aryl methyl sites for hydroxylation is 2. The van der Waals surface area contributed by atoms with Crippen LogP contribution in [0.5, 0.6) is 0 Å². The van der Waals surface area contributed by atoms with Gasteiger partial charge in [-0.2, -0.15) is 0 Å². The standard InChI is InChI=1S/C27H34N2O3/c1-7-32-16-8-15-29-25(30)23(20-10-9-18(2)19(3)17-20)24(26(29)31)28-22-13-11-21(12-14-22)27(4,5)6/h9-14,17,28H,7-8,15-16H2,1-6H3. The van der Waals surface area contributed by atoms with Crippen LogP contribution in [0.1, 0.15) is 56.4 Å². The summed E-state index contributed by atoms with van der Waals surface area (Å²) in [6.45, 7) is 13.9. The minimum atomic E-state index is -0.292. The van der Waals surface area contributed by atoms with Crippen LogP contribution in [0.3, 0.4) is 0 Å². The van der Waals surface area contributed by atoms with Crippen LogP contribution in [0.25, 0.3) is 5.57 Å². The summed E-state index contributed by atoms with van der Waals surface area (Å²) in [5.74, 6) is -0.553. The van der Waals surface area contributed by atoms with Crippen molar-refractivity contribution < 1.29 is 14.3 Å². The molecule has 0 unspecified atom stereocenters. The fourth-order valence-corrected chi connectivity index (χ4v) is 3.73. The van der Waals surface area contributed by atoms with Crippen molar-refractivity contribution in [3.8, 4) is 0 Å². The van der Waals surface area contributed by atoms with Gasteiger partial charge < -0.3 is 10.1 Å². The van der Waals surface area contributed by atoms with Crippen molar-refractivity contribution in [2.24, 2.45) is 0 Å². The van der Waals surface area contributed by atoms with Gasteiger partial charge in [-0.25, -0.2) is 0 Å². The lowest BCUT2D eigenvalue weighted by atomic mass is 9.87. The zero-order chi connectivity index (χ0) is 23.5. The van der Waals surface area contributed by atoms with E-state index in [4.69, 9.17) is 4.74 Å². The molecule has 0 aliphatic carbocycles. The Morgan fingerprint density at radius 3 is 2.22 bits per heavy atom. The predicted molar refractivity (Wildman–Crippen MR) is 129 cm³/mol. The van der Waals surface area contributed by atoms with E-state index in [2.05, 4.69) is 38.2 Å². The summed E-state index contributed by atoms with van der Waals surface area (Å²) in [4.78, 5) is 27.9. The lowest BCUT2D eigenvalue weighted by Crippen LogP contribution is -2.34. The van der Waals surface area contributed by atoms with E-state index in [1.807, 2.05) is 51.1 Å². The topological polar surface area (TPSA) is 58.6 Å². The highest BCUT2D eigenvalue weighted by molar-refractivity contribution is 6.36. The monoisotopic (exact) mass is 434 g/mol. The molecule has 0 spiro atoms. The first-order chi connectivity index (χ1) is 15.1. The second-order valence-corrected chi connectivity index (χ2v) is 9.31. The first-order valence-electron chi connectivity index (χ1n) is 11.3. The number of hydrogen-bond donors (Lipinski definition) is 1. The number of hydrogen-bond acceptors (Lipinski definition) is 4. The van der Waals surface area contributed by atoms with Crippen molar-refractivity contribution in [1.29, 1.82) is 0 Å². The highest BCUT2D eigenvalue weighted by Gasteiger charge is 2.39. The van der Waals surface area contributed by atoms with Gasteiger partial charge in [-0.05, 0) is 67.0 Å². The largest absolute Gasteiger partial charge is 0.382 e. The molecule has 1 aliphatic rings. The first kappa shape index (κ1) is 23.7. The molecule has 3 rings (SSSR count). The molecule has 0 aromatic heterocycles. The minimum absolute atomic E-state index is 0.0406. The summed E-state index contributed by atoms with van der Waals surface area (Å²) in [5, 5.41) is 3.25. The molecule has 5 nitrogen and oxygen atoms in total. The summed E-state index contributed by atoms with van der Waals surface area (Å²) in [7, 11) is 0. The molecule has 0 atom stereocenters. The molecular weight excluding hydrogens is 400 g/mol. The molecule has 2 aromatic rings. The summed E-state index contributed by atoms with van der Waals surface area (Å²) in [6, 6.07) is 13.9. The van der Waals surface area contributed by atoms with Gasteiger partial charge in [-0.3, -0.25) is 14.5 Å². The van der Waals surface area contributed by atoms with Crippen molar-refractivity contribution in [3.05, 3.63) is 70.4 Å². The van der Waals surface area contributed by atoms with E-state index in [9.17, 15) is 9.59 Å². The number of rotatable bonds is 8. The molecule has 1 heterocycles. The van der Waals surface area contributed by atoms with Gasteiger partial charge in [0.1, 0.15) is 5.70 Å². The Bertz CT molecular complexity index is 1030. The molecule has 0 saturated heterocycles. The molecule has 0 saturated carbocycles. The molecule has 1 aliphatic heterocycles. The van der Waals surface area contributed by atoms with Crippen LogP contribution in [0.4, 0.5) is 5.69 Å². The van der Waals surface area contributed by atoms with Crippen LogP contribution in [0, 0.1) is 13.8 Å². The third-order valence-electron chi connectivity index (χ3n) is 5.86. The summed E-state index contributed by atoms with van der Waals surface area (Å²) >= 11 is 0. The Balaban J connectivity index is 1.96. The number of amides is 2. The molecular formula is C27H34N2O3. The SMILES string of the molecule is CCOCCCN1C(=O)C(Nc2ccc(C(C)(C)C)cc2)=C(c2ccc(C)c(C)c2)C1=O. The maximum Gasteiger partial charge on any atom is 0.278 e.